The lowest BCUT2D eigenvalue weighted by atomic mass is 10.0. The maximum absolute atomic E-state index is 5.83. The number of anilines is 1. The molecule has 5 nitrogen and oxygen atoms in total. The molecule has 0 fully saturated rings. The highest BCUT2D eigenvalue weighted by Crippen LogP contribution is 2.31. The van der Waals surface area contributed by atoms with E-state index in [0.29, 0.717) is 5.69 Å². The molecule has 0 aliphatic heterocycles. The summed E-state index contributed by atoms with van der Waals surface area (Å²) in [5, 5.41) is 12.0. The van der Waals surface area contributed by atoms with E-state index in [1.807, 2.05) is 22.9 Å². The Morgan fingerprint density at radius 1 is 1.39 bits per heavy atom. The molecular formula is C12H16BrN5. The van der Waals surface area contributed by atoms with Gasteiger partial charge in [-0.05, 0) is 48.9 Å². The van der Waals surface area contributed by atoms with Crippen molar-refractivity contribution in [2.45, 2.75) is 32.7 Å². The maximum atomic E-state index is 5.83. The van der Waals surface area contributed by atoms with Gasteiger partial charge in [0.25, 0.3) is 0 Å². The van der Waals surface area contributed by atoms with Gasteiger partial charge in [-0.2, -0.15) is 0 Å². The first kappa shape index (κ1) is 13.0. The molecule has 0 aliphatic carbocycles. The Morgan fingerprint density at radius 2 is 2.11 bits per heavy atom. The third-order valence-corrected chi connectivity index (χ3v) is 3.83. The molecule has 0 unspecified atom stereocenters. The van der Waals surface area contributed by atoms with Crippen LogP contribution in [0.3, 0.4) is 0 Å². The fourth-order valence-corrected chi connectivity index (χ4v) is 2.05. The molecule has 6 heteroatoms. The van der Waals surface area contributed by atoms with Gasteiger partial charge in [0.05, 0.1) is 5.54 Å². The van der Waals surface area contributed by atoms with Crippen molar-refractivity contribution in [2.24, 2.45) is 0 Å². The van der Waals surface area contributed by atoms with Crippen molar-refractivity contribution in [3.8, 4) is 11.4 Å². The summed E-state index contributed by atoms with van der Waals surface area (Å²) in [6.07, 6.45) is 0.935. The standard InChI is InChI=1S/C12H16BrN5/c1-4-12(2,3)18-11(15-16-17-18)9-7-8(14)5-6-10(9)13/h5-7H,4,14H2,1-3H3. The van der Waals surface area contributed by atoms with Crippen LogP contribution in [0.4, 0.5) is 5.69 Å². The molecular weight excluding hydrogens is 294 g/mol. The fraction of sp³-hybridized carbons (Fsp3) is 0.417. The van der Waals surface area contributed by atoms with E-state index in [0.717, 1.165) is 22.3 Å². The van der Waals surface area contributed by atoms with E-state index in [1.54, 1.807) is 0 Å². The summed E-state index contributed by atoms with van der Waals surface area (Å²) >= 11 is 3.51. The molecule has 18 heavy (non-hydrogen) atoms. The highest BCUT2D eigenvalue weighted by molar-refractivity contribution is 9.10. The molecule has 0 saturated heterocycles. The van der Waals surface area contributed by atoms with Gasteiger partial charge in [-0.3, -0.25) is 0 Å². The van der Waals surface area contributed by atoms with Crippen molar-refractivity contribution >= 4 is 21.6 Å². The number of nitrogens with zero attached hydrogens (tertiary/aromatic N) is 4. The second kappa shape index (κ2) is 4.68. The van der Waals surface area contributed by atoms with E-state index in [2.05, 4.69) is 52.2 Å². The average Bonchev–Trinajstić information content (AvgIpc) is 2.82. The highest BCUT2D eigenvalue weighted by atomic mass is 79.9. The van der Waals surface area contributed by atoms with Crippen LogP contribution in [0.15, 0.2) is 22.7 Å². The molecule has 1 aromatic heterocycles. The van der Waals surface area contributed by atoms with Crippen LogP contribution in [-0.2, 0) is 5.54 Å². The number of nitrogen functional groups attached to an aromatic ring is 1. The topological polar surface area (TPSA) is 69.6 Å². The minimum Gasteiger partial charge on any atom is -0.399 e. The van der Waals surface area contributed by atoms with Gasteiger partial charge in [-0.25, -0.2) is 4.68 Å². The van der Waals surface area contributed by atoms with E-state index >= 15 is 0 Å². The van der Waals surface area contributed by atoms with E-state index in [9.17, 15) is 0 Å². The van der Waals surface area contributed by atoms with Crippen molar-refractivity contribution in [1.82, 2.24) is 20.2 Å². The predicted molar refractivity (Wildman–Crippen MR) is 75.0 cm³/mol. The molecule has 1 heterocycles. The van der Waals surface area contributed by atoms with Crippen LogP contribution in [0, 0.1) is 0 Å². The smallest absolute Gasteiger partial charge is 0.183 e. The van der Waals surface area contributed by atoms with E-state index in [-0.39, 0.29) is 5.54 Å². The van der Waals surface area contributed by atoms with Crippen LogP contribution in [0.25, 0.3) is 11.4 Å². The van der Waals surface area contributed by atoms with E-state index in [1.165, 1.54) is 0 Å². The minimum atomic E-state index is -0.136. The van der Waals surface area contributed by atoms with Gasteiger partial charge in [-0.1, -0.05) is 22.9 Å². The monoisotopic (exact) mass is 309 g/mol. The number of halogens is 1. The SMILES string of the molecule is CCC(C)(C)n1nnnc1-c1cc(N)ccc1Br. The first-order valence-corrected chi connectivity index (χ1v) is 6.59. The van der Waals surface area contributed by atoms with Gasteiger partial charge in [0.1, 0.15) is 0 Å². The highest BCUT2D eigenvalue weighted by Gasteiger charge is 2.24. The molecule has 0 atom stereocenters. The first-order chi connectivity index (χ1) is 8.45. The summed E-state index contributed by atoms with van der Waals surface area (Å²) < 4.78 is 2.77. The largest absolute Gasteiger partial charge is 0.399 e. The molecule has 0 spiro atoms. The second-order valence-corrected chi connectivity index (χ2v) is 5.67. The summed E-state index contributed by atoms with van der Waals surface area (Å²) in [6, 6.07) is 5.62. The Hall–Kier alpha value is -1.43. The van der Waals surface area contributed by atoms with Crippen molar-refractivity contribution in [1.29, 1.82) is 0 Å². The van der Waals surface area contributed by atoms with Crippen molar-refractivity contribution in [3.63, 3.8) is 0 Å². The van der Waals surface area contributed by atoms with Gasteiger partial charge in [0.2, 0.25) is 0 Å². The summed E-state index contributed by atoms with van der Waals surface area (Å²) in [7, 11) is 0. The first-order valence-electron chi connectivity index (χ1n) is 5.80. The van der Waals surface area contributed by atoms with Crippen molar-refractivity contribution in [3.05, 3.63) is 22.7 Å². The van der Waals surface area contributed by atoms with Crippen LogP contribution >= 0.6 is 15.9 Å². The number of rotatable bonds is 3. The van der Waals surface area contributed by atoms with Gasteiger partial charge in [0, 0.05) is 15.7 Å². The number of nitrogens with two attached hydrogens (primary N) is 1. The molecule has 2 N–H and O–H groups in total. The van der Waals surface area contributed by atoms with Gasteiger partial charge >= 0.3 is 0 Å². The Balaban J connectivity index is 2.59. The summed E-state index contributed by atoms with van der Waals surface area (Å²) in [6.45, 7) is 6.32. The third-order valence-electron chi connectivity index (χ3n) is 3.14. The van der Waals surface area contributed by atoms with Crippen molar-refractivity contribution < 1.29 is 0 Å². The lowest BCUT2D eigenvalue weighted by molar-refractivity contribution is 0.304. The summed E-state index contributed by atoms with van der Waals surface area (Å²) in [5.74, 6) is 0.723. The predicted octanol–water partition coefficient (Wildman–Crippen LogP) is 2.83. The molecule has 0 bridgehead atoms. The Morgan fingerprint density at radius 3 is 2.78 bits per heavy atom. The van der Waals surface area contributed by atoms with Crippen LogP contribution in [0.1, 0.15) is 27.2 Å². The molecule has 0 saturated carbocycles. The lowest BCUT2D eigenvalue weighted by Gasteiger charge is -2.24. The Labute approximate surface area is 115 Å². The van der Waals surface area contributed by atoms with E-state index in [4.69, 9.17) is 5.73 Å². The van der Waals surface area contributed by atoms with E-state index < -0.39 is 0 Å². The normalized spacial score (nSPS) is 11.8. The number of hydrogen-bond acceptors (Lipinski definition) is 4. The van der Waals surface area contributed by atoms with Crippen LogP contribution < -0.4 is 5.73 Å². The van der Waals surface area contributed by atoms with Gasteiger partial charge < -0.3 is 5.73 Å². The molecule has 96 valence electrons. The zero-order valence-electron chi connectivity index (χ0n) is 10.7. The number of aromatic nitrogens is 4. The molecule has 1 aromatic carbocycles. The molecule has 0 radical (unpaired) electrons. The van der Waals surface area contributed by atoms with Crippen LogP contribution in [0.5, 0.6) is 0 Å². The number of hydrogen-bond donors (Lipinski definition) is 1. The Kier molecular flexibility index (Phi) is 3.38. The zero-order valence-corrected chi connectivity index (χ0v) is 12.3. The summed E-state index contributed by atoms with van der Waals surface area (Å²) in [4.78, 5) is 0. The second-order valence-electron chi connectivity index (χ2n) is 4.82. The average molecular weight is 310 g/mol. The van der Waals surface area contributed by atoms with Gasteiger partial charge in [0.15, 0.2) is 5.82 Å². The lowest BCUT2D eigenvalue weighted by Crippen LogP contribution is -2.27. The summed E-state index contributed by atoms with van der Waals surface area (Å²) in [5.41, 5.74) is 7.29. The maximum Gasteiger partial charge on any atom is 0.183 e. The quantitative estimate of drug-likeness (QED) is 0.885. The fourth-order valence-electron chi connectivity index (χ4n) is 1.63. The number of benzene rings is 1. The number of tetrazole rings is 1. The molecule has 0 aliphatic rings. The molecule has 2 aromatic rings. The molecule has 0 amide bonds. The van der Waals surface area contributed by atoms with Crippen LogP contribution in [0.2, 0.25) is 0 Å². The third kappa shape index (κ3) is 2.25. The zero-order chi connectivity index (χ0) is 13.3. The Bertz CT molecular complexity index is 561. The van der Waals surface area contributed by atoms with Crippen LogP contribution in [-0.4, -0.2) is 20.2 Å². The molecule has 2 rings (SSSR count). The van der Waals surface area contributed by atoms with Crippen molar-refractivity contribution in [2.75, 3.05) is 5.73 Å². The van der Waals surface area contributed by atoms with Gasteiger partial charge in [-0.15, -0.1) is 5.10 Å². The minimum absolute atomic E-state index is 0.136.